The zero-order chi connectivity index (χ0) is 20.5. The Morgan fingerprint density at radius 2 is 1.40 bits per heavy atom. The van der Waals surface area contributed by atoms with Gasteiger partial charge in [-0.05, 0) is 54.1 Å². The minimum absolute atomic E-state index is 0.0835. The number of rotatable bonds is 4. The molecule has 4 nitrogen and oxygen atoms in total. The van der Waals surface area contributed by atoms with E-state index >= 15 is 0 Å². The fraction of sp³-hybridized carbons (Fsp3) is 0.0833. The summed E-state index contributed by atoms with van der Waals surface area (Å²) in [6.07, 6.45) is 4.42. The minimum atomic E-state index is -0.287. The quantitative estimate of drug-likeness (QED) is 0.453. The van der Waals surface area contributed by atoms with Gasteiger partial charge in [0.2, 0.25) is 0 Å². The molecular weight excluding hydrogens is 382 g/mol. The summed E-state index contributed by atoms with van der Waals surface area (Å²) in [5, 5.41) is 11.2. The zero-order valence-electron chi connectivity index (χ0n) is 16.0. The molecule has 5 rings (SSSR count). The molecule has 1 aromatic heterocycles. The lowest BCUT2D eigenvalue weighted by molar-refractivity contribution is 0.626. The van der Waals surface area contributed by atoms with E-state index in [1.54, 1.807) is 35.1 Å². The lowest BCUT2D eigenvalue weighted by Gasteiger charge is -2.22. The Kier molecular flexibility index (Phi) is 4.59. The van der Waals surface area contributed by atoms with Crippen molar-refractivity contribution < 1.29 is 8.78 Å². The third-order valence-corrected chi connectivity index (χ3v) is 5.19. The molecule has 0 saturated heterocycles. The van der Waals surface area contributed by atoms with Gasteiger partial charge in [-0.25, -0.2) is 13.5 Å². The average Bonchev–Trinajstić information content (AvgIpc) is 3.43. The van der Waals surface area contributed by atoms with Crippen molar-refractivity contribution in [2.24, 2.45) is 5.10 Å². The molecule has 148 valence electrons. The van der Waals surface area contributed by atoms with Crippen LogP contribution in [0.3, 0.4) is 0 Å². The van der Waals surface area contributed by atoms with E-state index in [1.807, 2.05) is 41.5 Å². The fourth-order valence-electron chi connectivity index (χ4n) is 3.65. The third kappa shape index (κ3) is 3.48. The molecule has 0 saturated carbocycles. The number of benzene rings is 3. The van der Waals surface area contributed by atoms with Gasteiger partial charge < -0.3 is 0 Å². The summed E-state index contributed by atoms with van der Waals surface area (Å²) in [5.41, 5.74) is 4.57. The normalized spacial score (nSPS) is 16.0. The van der Waals surface area contributed by atoms with Gasteiger partial charge in [0, 0.05) is 18.2 Å². The van der Waals surface area contributed by atoms with Crippen molar-refractivity contribution in [2.45, 2.75) is 12.5 Å². The SMILES string of the molecule is Fc1ccc(N2N=C(c3ccccc3)CC2c2cnn(-c3ccc(F)cc3)c2)cc1. The second kappa shape index (κ2) is 7.55. The minimum Gasteiger partial charge on any atom is -0.257 e. The zero-order valence-corrected chi connectivity index (χ0v) is 16.0. The Balaban J connectivity index is 1.51. The lowest BCUT2D eigenvalue weighted by atomic mass is 10.0. The second-order valence-corrected chi connectivity index (χ2v) is 7.15. The Morgan fingerprint density at radius 3 is 2.07 bits per heavy atom. The van der Waals surface area contributed by atoms with E-state index in [2.05, 4.69) is 5.10 Å². The number of halogens is 2. The first-order valence-corrected chi connectivity index (χ1v) is 9.65. The molecule has 1 atom stereocenters. The van der Waals surface area contributed by atoms with E-state index in [0.717, 1.165) is 28.2 Å². The molecule has 6 heteroatoms. The molecule has 0 spiro atoms. The number of nitrogens with zero attached hydrogens (tertiary/aromatic N) is 4. The molecule has 0 N–H and O–H groups in total. The summed E-state index contributed by atoms with van der Waals surface area (Å²) in [6, 6.07) is 22.4. The highest BCUT2D eigenvalue weighted by atomic mass is 19.1. The van der Waals surface area contributed by atoms with E-state index < -0.39 is 0 Å². The molecular formula is C24H18F2N4. The van der Waals surface area contributed by atoms with Crippen LogP contribution in [0.25, 0.3) is 5.69 Å². The van der Waals surface area contributed by atoms with Crippen molar-refractivity contribution >= 4 is 11.4 Å². The third-order valence-electron chi connectivity index (χ3n) is 5.19. The van der Waals surface area contributed by atoms with Crippen molar-refractivity contribution in [3.05, 3.63) is 114 Å². The van der Waals surface area contributed by atoms with E-state index in [0.29, 0.717) is 6.42 Å². The number of hydrogen-bond donors (Lipinski definition) is 0. The van der Waals surface area contributed by atoms with Crippen molar-refractivity contribution in [1.29, 1.82) is 0 Å². The molecule has 0 radical (unpaired) electrons. The first-order valence-electron chi connectivity index (χ1n) is 9.65. The largest absolute Gasteiger partial charge is 0.257 e. The maximum atomic E-state index is 13.5. The first-order chi connectivity index (χ1) is 14.7. The van der Waals surface area contributed by atoms with Gasteiger partial charge in [0.25, 0.3) is 0 Å². The van der Waals surface area contributed by atoms with Gasteiger partial charge in [-0.3, -0.25) is 5.01 Å². The molecule has 0 bridgehead atoms. The summed E-state index contributed by atoms with van der Waals surface area (Å²) in [7, 11) is 0. The highest BCUT2D eigenvalue weighted by molar-refractivity contribution is 6.03. The van der Waals surface area contributed by atoms with Crippen molar-refractivity contribution in [3.63, 3.8) is 0 Å². The van der Waals surface area contributed by atoms with Crippen LogP contribution in [0.4, 0.5) is 14.5 Å². The van der Waals surface area contributed by atoms with Crippen molar-refractivity contribution in [1.82, 2.24) is 9.78 Å². The fourth-order valence-corrected chi connectivity index (χ4v) is 3.65. The van der Waals surface area contributed by atoms with Gasteiger partial charge >= 0.3 is 0 Å². The Bertz CT molecular complexity index is 1180. The molecule has 3 aromatic carbocycles. The number of hydrazone groups is 1. The summed E-state index contributed by atoms with van der Waals surface area (Å²) in [4.78, 5) is 0. The van der Waals surface area contributed by atoms with Gasteiger partial charge in [0.1, 0.15) is 11.6 Å². The maximum Gasteiger partial charge on any atom is 0.123 e. The van der Waals surface area contributed by atoms with Crippen molar-refractivity contribution in [2.75, 3.05) is 5.01 Å². The summed E-state index contributed by atoms with van der Waals surface area (Å²) in [5.74, 6) is -0.573. The highest BCUT2D eigenvalue weighted by Crippen LogP contribution is 2.36. The average molecular weight is 400 g/mol. The van der Waals surface area contributed by atoms with Crippen LogP contribution in [0, 0.1) is 11.6 Å². The number of aromatic nitrogens is 2. The van der Waals surface area contributed by atoms with Crippen LogP contribution in [-0.4, -0.2) is 15.5 Å². The second-order valence-electron chi connectivity index (χ2n) is 7.15. The Morgan fingerprint density at radius 1 is 0.767 bits per heavy atom. The van der Waals surface area contributed by atoms with E-state index in [9.17, 15) is 8.78 Å². The van der Waals surface area contributed by atoms with E-state index in [-0.39, 0.29) is 17.7 Å². The van der Waals surface area contributed by atoms with Crippen LogP contribution in [0.15, 0.2) is 96.4 Å². The monoisotopic (exact) mass is 400 g/mol. The summed E-state index contributed by atoms with van der Waals surface area (Å²) >= 11 is 0. The topological polar surface area (TPSA) is 33.4 Å². The van der Waals surface area contributed by atoms with Crippen molar-refractivity contribution in [3.8, 4) is 5.69 Å². The lowest BCUT2D eigenvalue weighted by Crippen LogP contribution is -2.18. The Labute approximate surface area is 172 Å². The molecule has 0 amide bonds. The molecule has 1 aliphatic rings. The molecule has 2 heterocycles. The summed E-state index contributed by atoms with van der Waals surface area (Å²) in [6.45, 7) is 0. The number of hydrogen-bond acceptors (Lipinski definition) is 3. The van der Waals surface area contributed by atoms with Gasteiger partial charge in [-0.1, -0.05) is 30.3 Å². The molecule has 0 fully saturated rings. The molecule has 4 aromatic rings. The van der Waals surface area contributed by atoms with Crippen LogP contribution in [0.1, 0.15) is 23.6 Å². The van der Waals surface area contributed by atoms with Crippen LogP contribution < -0.4 is 5.01 Å². The van der Waals surface area contributed by atoms with Gasteiger partial charge in [0.05, 0.1) is 29.3 Å². The summed E-state index contributed by atoms with van der Waals surface area (Å²) < 4.78 is 28.4. The van der Waals surface area contributed by atoms with E-state index in [1.165, 1.54) is 24.3 Å². The number of anilines is 1. The molecule has 1 aliphatic heterocycles. The first kappa shape index (κ1) is 18.2. The van der Waals surface area contributed by atoms with Crippen LogP contribution >= 0.6 is 0 Å². The maximum absolute atomic E-state index is 13.5. The molecule has 30 heavy (non-hydrogen) atoms. The van der Waals surface area contributed by atoms with Crippen LogP contribution in [0.2, 0.25) is 0 Å². The van der Waals surface area contributed by atoms with Gasteiger partial charge in [-0.2, -0.15) is 10.2 Å². The highest BCUT2D eigenvalue weighted by Gasteiger charge is 2.31. The smallest absolute Gasteiger partial charge is 0.123 e. The van der Waals surface area contributed by atoms with Crippen LogP contribution in [-0.2, 0) is 0 Å². The van der Waals surface area contributed by atoms with Crippen LogP contribution in [0.5, 0.6) is 0 Å². The standard InChI is InChI=1S/C24H18F2N4/c25-19-6-10-21(11-7-19)29-16-18(15-27-29)24-14-23(17-4-2-1-3-5-17)28-30(24)22-12-8-20(26)9-13-22/h1-13,15-16,24H,14H2. The van der Waals surface area contributed by atoms with E-state index in [4.69, 9.17) is 5.10 Å². The molecule has 0 aliphatic carbocycles. The Hall–Kier alpha value is -3.80. The predicted octanol–water partition coefficient (Wildman–Crippen LogP) is 5.51. The van der Waals surface area contributed by atoms with Gasteiger partial charge in [-0.15, -0.1) is 0 Å². The molecule has 1 unspecified atom stereocenters. The predicted molar refractivity (Wildman–Crippen MR) is 113 cm³/mol. The van der Waals surface area contributed by atoms with Gasteiger partial charge in [0.15, 0.2) is 0 Å².